The number of carbonyl (C=O) groups is 1. The van der Waals surface area contributed by atoms with Crippen molar-refractivity contribution in [3.8, 4) is 0 Å². The zero-order valence-electron chi connectivity index (χ0n) is 14.1. The maximum absolute atomic E-state index is 11.1. The molecule has 0 radical (unpaired) electrons. The molecule has 1 atom stereocenters. The number of hydrogen-bond donors (Lipinski definition) is 3. The lowest BCUT2D eigenvalue weighted by atomic mass is 10.2. The Bertz CT molecular complexity index is 686. The van der Waals surface area contributed by atoms with Gasteiger partial charge in [-0.1, -0.05) is 24.8 Å². The average molecular weight is 342 g/mol. The van der Waals surface area contributed by atoms with E-state index in [1.54, 1.807) is 0 Å². The van der Waals surface area contributed by atoms with Gasteiger partial charge in [-0.05, 0) is 43.3 Å². The number of hydrogen-bond acceptors (Lipinski definition) is 6. The molecular formula is C19H22N2O4. The van der Waals surface area contributed by atoms with Crippen LogP contribution in [0.4, 0.5) is 17.1 Å². The first-order chi connectivity index (χ1) is 12.0. The number of nitrogens with one attached hydrogen (secondary N) is 2. The summed E-state index contributed by atoms with van der Waals surface area (Å²) in [5.74, 6) is -0.651. The Morgan fingerprint density at radius 3 is 2.32 bits per heavy atom. The van der Waals surface area contributed by atoms with Gasteiger partial charge in [-0.25, -0.2) is 4.79 Å². The van der Waals surface area contributed by atoms with Crippen LogP contribution in [-0.4, -0.2) is 30.3 Å². The van der Waals surface area contributed by atoms with Crippen molar-refractivity contribution in [2.75, 3.05) is 23.8 Å². The molecule has 2 aromatic carbocycles. The lowest BCUT2D eigenvalue weighted by Gasteiger charge is -2.13. The van der Waals surface area contributed by atoms with Crippen LogP contribution in [-0.2, 0) is 14.6 Å². The van der Waals surface area contributed by atoms with Crippen molar-refractivity contribution in [3.63, 3.8) is 0 Å². The standard InChI is InChI=1S/C19H22N2O4/c1-14(2)19(23)25-24-13-18(22)12-20-15-8-10-17(11-9-15)21-16-6-4-3-5-7-16/h3-11,18,20-22H,1,12-13H2,2H3. The predicted molar refractivity (Wildman–Crippen MR) is 97.5 cm³/mol. The molecule has 1 unspecified atom stereocenters. The predicted octanol–water partition coefficient (Wildman–Crippen LogP) is 3.25. The van der Waals surface area contributed by atoms with Crippen LogP contribution in [0.15, 0.2) is 66.7 Å². The Labute approximate surface area is 147 Å². The summed E-state index contributed by atoms with van der Waals surface area (Å²) in [6, 6.07) is 17.6. The van der Waals surface area contributed by atoms with Gasteiger partial charge in [0.1, 0.15) is 6.61 Å². The molecule has 25 heavy (non-hydrogen) atoms. The number of anilines is 3. The third-order valence-corrected chi connectivity index (χ3v) is 3.23. The van der Waals surface area contributed by atoms with Gasteiger partial charge in [0.05, 0.1) is 6.10 Å². The van der Waals surface area contributed by atoms with Crippen LogP contribution in [0.5, 0.6) is 0 Å². The van der Waals surface area contributed by atoms with Crippen molar-refractivity contribution in [2.45, 2.75) is 13.0 Å². The Balaban J connectivity index is 1.72. The molecule has 0 aromatic heterocycles. The first kappa shape index (κ1) is 18.5. The molecule has 0 saturated carbocycles. The molecule has 2 aromatic rings. The third-order valence-electron chi connectivity index (χ3n) is 3.23. The normalized spacial score (nSPS) is 11.4. The third kappa shape index (κ3) is 6.66. The van der Waals surface area contributed by atoms with Gasteiger partial charge in [0.2, 0.25) is 0 Å². The number of para-hydroxylation sites is 1. The number of carbonyl (C=O) groups excluding carboxylic acids is 1. The lowest BCUT2D eigenvalue weighted by molar-refractivity contribution is -0.277. The van der Waals surface area contributed by atoms with Gasteiger partial charge < -0.3 is 15.7 Å². The molecule has 0 heterocycles. The van der Waals surface area contributed by atoms with Gasteiger partial charge in [0.25, 0.3) is 0 Å². The van der Waals surface area contributed by atoms with Gasteiger partial charge in [-0.15, -0.1) is 0 Å². The summed E-state index contributed by atoms with van der Waals surface area (Å²) >= 11 is 0. The monoisotopic (exact) mass is 342 g/mol. The van der Waals surface area contributed by atoms with Crippen molar-refractivity contribution in [2.24, 2.45) is 0 Å². The highest BCUT2D eigenvalue weighted by Gasteiger charge is 2.09. The molecule has 0 fully saturated rings. The summed E-state index contributed by atoms with van der Waals surface area (Å²) < 4.78 is 0. The van der Waals surface area contributed by atoms with E-state index in [1.165, 1.54) is 6.92 Å². The van der Waals surface area contributed by atoms with E-state index in [9.17, 15) is 9.90 Å². The van der Waals surface area contributed by atoms with Crippen LogP contribution in [0.25, 0.3) is 0 Å². The maximum Gasteiger partial charge on any atom is 0.368 e. The second kappa shape index (κ2) is 9.46. The van der Waals surface area contributed by atoms with E-state index >= 15 is 0 Å². The molecule has 6 heteroatoms. The number of benzene rings is 2. The van der Waals surface area contributed by atoms with Gasteiger partial charge in [0.15, 0.2) is 0 Å². The molecule has 0 bridgehead atoms. The summed E-state index contributed by atoms with van der Waals surface area (Å²) in [4.78, 5) is 20.3. The highest BCUT2D eigenvalue weighted by Crippen LogP contribution is 2.18. The molecule has 0 aliphatic carbocycles. The minimum atomic E-state index is -0.819. The van der Waals surface area contributed by atoms with E-state index in [0.29, 0.717) is 0 Å². The summed E-state index contributed by atoms with van der Waals surface area (Å²) in [5, 5.41) is 16.2. The number of rotatable bonds is 9. The van der Waals surface area contributed by atoms with Crippen molar-refractivity contribution >= 4 is 23.0 Å². The average Bonchev–Trinajstić information content (AvgIpc) is 2.62. The van der Waals surface area contributed by atoms with Crippen molar-refractivity contribution < 1.29 is 19.7 Å². The number of aliphatic hydroxyl groups excluding tert-OH is 1. The molecule has 0 saturated heterocycles. The molecule has 0 amide bonds. The summed E-state index contributed by atoms with van der Waals surface area (Å²) in [5.41, 5.74) is 3.07. The van der Waals surface area contributed by atoms with E-state index in [4.69, 9.17) is 0 Å². The van der Waals surface area contributed by atoms with Crippen LogP contribution in [0.1, 0.15) is 6.92 Å². The van der Waals surface area contributed by atoms with Crippen LogP contribution in [0, 0.1) is 0 Å². The quantitative estimate of drug-likeness (QED) is 0.369. The van der Waals surface area contributed by atoms with Crippen molar-refractivity contribution in [1.29, 1.82) is 0 Å². The van der Waals surface area contributed by atoms with Gasteiger partial charge >= 0.3 is 5.97 Å². The van der Waals surface area contributed by atoms with Crippen LogP contribution >= 0.6 is 0 Å². The van der Waals surface area contributed by atoms with E-state index in [1.807, 2.05) is 54.6 Å². The molecule has 0 spiro atoms. The van der Waals surface area contributed by atoms with Gasteiger partial charge in [-0.2, -0.15) is 4.89 Å². The Morgan fingerprint density at radius 2 is 1.68 bits per heavy atom. The van der Waals surface area contributed by atoms with Crippen LogP contribution in [0.2, 0.25) is 0 Å². The fourth-order valence-corrected chi connectivity index (χ4v) is 1.89. The topological polar surface area (TPSA) is 79.8 Å². The fraction of sp³-hybridized carbons (Fsp3) is 0.211. The molecule has 6 nitrogen and oxygen atoms in total. The van der Waals surface area contributed by atoms with E-state index in [0.717, 1.165) is 17.1 Å². The maximum atomic E-state index is 11.1. The van der Waals surface area contributed by atoms with E-state index in [2.05, 4.69) is 27.0 Å². The largest absolute Gasteiger partial charge is 0.389 e. The fourth-order valence-electron chi connectivity index (χ4n) is 1.89. The van der Waals surface area contributed by atoms with Crippen molar-refractivity contribution in [1.82, 2.24) is 0 Å². The van der Waals surface area contributed by atoms with Gasteiger partial charge in [-0.3, -0.25) is 4.89 Å². The second-order valence-electron chi connectivity index (χ2n) is 5.54. The van der Waals surface area contributed by atoms with Crippen LogP contribution in [0.3, 0.4) is 0 Å². The molecule has 0 aliphatic rings. The minimum Gasteiger partial charge on any atom is -0.389 e. The first-order valence-corrected chi connectivity index (χ1v) is 7.88. The molecular weight excluding hydrogens is 320 g/mol. The Hall–Kier alpha value is -2.83. The second-order valence-corrected chi connectivity index (χ2v) is 5.54. The molecule has 3 N–H and O–H groups in total. The molecule has 0 aliphatic heterocycles. The van der Waals surface area contributed by atoms with Crippen molar-refractivity contribution in [3.05, 3.63) is 66.7 Å². The van der Waals surface area contributed by atoms with Crippen LogP contribution < -0.4 is 10.6 Å². The number of aliphatic hydroxyl groups is 1. The highest BCUT2D eigenvalue weighted by molar-refractivity contribution is 5.86. The molecule has 132 valence electrons. The zero-order chi connectivity index (χ0) is 18.1. The van der Waals surface area contributed by atoms with E-state index < -0.39 is 12.1 Å². The first-order valence-electron chi connectivity index (χ1n) is 7.88. The molecule has 2 rings (SSSR count). The summed E-state index contributed by atoms with van der Waals surface area (Å²) in [7, 11) is 0. The minimum absolute atomic E-state index is 0.125. The lowest BCUT2D eigenvalue weighted by Crippen LogP contribution is -2.25. The zero-order valence-corrected chi connectivity index (χ0v) is 14.1. The Morgan fingerprint density at radius 1 is 1.08 bits per heavy atom. The Kier molecular flexibility index (Phi) is 7.00. The SMILES string of the molecule is C=C(C)C(=O)OOCC(O)CNc1ccc(Nc2ccccc2)cc1. The van der Waals surface area contributed by atoms with Gasteiger partial charge in [0, 0.05) is 29.2 Å². The van der Waals surface area contributed by atoms with E-state index in [-0.39, 0.29) is 18.7 Å². The summed E-state index contributed by atoms with van der Waals surface area (Å²) in [6.45, 7) is 5.08. The highest BCUT2D eigenvalue weighted by atomic mass is 17.2. The smallest absolute Gasteiger partial charge is 0.368 e. The summed E-state index contributed by atoms with van der Waals surface area (Å²) in [6.07, 6.45) is -0.819.